The van der Waals surface area contributed by atoms with Gasteiger partial charge in [0.15, 0.2) is 0 Å². The molecule has 18 heavy (non-hydrogen) atoms. The maximum Gasteiger partial charge on any atom is 0.0680 e. The Kier molecular flexibility index (Phi) is 6.42. The summed E-state index contributed by atoms with van der Waals surface area (Å²) < 4.78 is 6.19. The monoisotopic (exact) mass is 248 g/mol. The summed E-state index contributed by atoms with van der Waals surface area (Å²) in [5.74, 6) is 0.684. The van der Waals surface area contributed by atoms with E-state index in [-0.39, 0.29) is 5.60 Å². The lowest BCUT2D eigenvalue weighted by Crippen LogP contribution is -2.39. The molecule has 1 aliphatic carbocycles. The van der Waals surface area contributed by atoms with Gasteiger partial charge in [0.25, 0.3) is 0 Å². The van der Waals surface area contributed by atoms with Crippen molar-refractivity contribution in [2.24, 2.45) is 5.92 Å². The third kappa shape index (κ3) is 4.45. The Morgan fingerprint density at radius 1 is 1.44 bits per heavy atom. The first kappa shape index (κ1) is 15.2. The van der Waals surface area contributed by atoms with E-state index in [0.717, 1.165) is 13.0 Å². The maximum absolute atomic E-state index is 6.19. The maximum atomic E-state index is 6.19. The molecular formula is C17H28O. The summed E-state index contributed by atoms with van der Waals surface area (Å²) in [5, 5.41) is 0. The van der Waals surface area contributed by atoms with Crippen LogP contribution in [-0.2, 0) is 4.74 Å². The smallest absolute Gasteiger partial charge is 0.0680 e. The van der Waals surface area contributed by atoms with Gasteiger partial charge in [-0.1, -0.05) is 56.2 Å². The first-order valence-electron chi connectivity index (χ1n) is 7.20. The number of hydrogen-bond acceptors (Lipinski definition) is 1. The second-order valence-electron chi connectivity index (χ2n) is 5.52. The van der Waals surface area contributed by atoms with Crippen LogP contribution in [0.3, 0.4) is 0 Å². The number of rotatable bonds is 6. The van der Waals surface area contributed by atoms with E-state index in [2.05, 4.69) is 39.5 Å². The highest BCUT2D eigenvalue weighted by molar-refractivity contribution is 5.20. The van der Waals surface area contributed by atoms with Gasteiger partial charge in [-0.15, -0.1) is 0 Å². The molecule has 1 rings (SSSR count). The van der Waals surface area contributed by atoms with E-state index in [1.54, 1.807) is 0 Å². The van der Waals surface area contributed by atoms with Crippen LogP contribution in [0.2, 0.25) is 0 Å². The van der Waals surface area contributed by atoms with Crippen LogP contribution in [0.25, 0.3) is 0 Å². The molecule has 1 heteroatoms. The SMILES string of the molecule is C=C/C=C\C(=C/C)CCOC1(C)CCCCC1C. The first-order chi connectivity index (χ1) is 8.62. The molecule has 2 atom stereocenters. The highest BCUT2D eigenvalue weighted by atomic mass is 16.5. The van der Waals surface area contributed by atoms with Crippen LogP contribution in [0.5, 0.6) is 0 Å². The van der Waals surface area contributed by atoms with Crippen molar-refractivity contribution in [1.29, 1.82) is 0 Å². The molecular weight excluding hydrogens is 220 g/mol. The third-order valence-electron chi connectivity index (χ3n) is 4.24. The minimum atomic E-state index is 0.0965. The summed E-state index contributed by atoms with van der Waals surface area (Å²) in [7, 11) is 0. The molecule has 1 nitrogen and oxygen atoms in total. The molecule has 1 aliphatic rings. The molecule has 0 aliphatic heterocycles. The van der Waals surface area contributed by atoms with Crippen molar-refractivity contribution in [3.8, 4) is 0 Å². The average molecular weight is 248 g/mol. The Hall–Kier alpha value is -0.820. The van der Waals surface area contributed by atoms with Crippen molar-refractivity contribution in [2.45, 2.75) is 58.5 Å². The molecule has 0 aromatic heterocycles. The summed E-state index contributed by atoms with van der Waals surface area (Å²) in [6.07, 6.45) is 14.2. The summed E-state index contributed by atoms with van der Waals surface area (Å²) in [6.45, 7) is 11.2. The Bertz CT molecular complexity index is 314. The first-order valence-corrected chi connectivity index (χ1v) is 7.20. The largest absolute Gasteiger partial charge is 0.375 e. The fourth-order valence-corrected chi connectivity index (χ4v) is 2.61. The van der Waals surface area contributed by atoms with Crippen LogP contribution < -0.4 is 0 Å². The van der Waals surface area contributed by atoms with E-state index in [1.165, 1.54) is 31.3 Å². The van der Waals surface area contributed by atoms with E-state index >= 15 is 0 Å². The predicted molar refractivity (Wildman–Crippen MR) is 79.7 cm³/mol. The standard InChI is InChI=1S/C17H28O/c1-5-7-11-16(6-2)12-14-18-17(4)13-9-8-10-15(17)3/h5-7,11,15H,1,8-10,12-14H2,2-4H3/b11-7-,16-6+. The highest BCUT2D eigenvalue weighted by Crippen LogP contribution is 2.36. The normalized spacial score (nSPS) is 29.7. The van der Waals surface area contributed by atoms with Gasteiger partial charge in [-0.25, -0.2) is 0 Å². The minimum absolute atomic E-state index is 0.0965. The Morgan fingerprint density at radius 3 is 2.83 bits per heavy atom. The van der Waals surface area contributed by atoms with Gasteiger partial charge in [0.1, 0.15) is 0 Å². The molecule has 1 saturated carbocycles. The molecule has 0 N–H and O–H groups in total. The molecule has 0 bridgehead atoms. The van der Waals surface area contributed by atoms with Crippen LogP contribution >= 0.6 is 0 Å². The quantitative estimate of drug-likeness (QED) is 0.598. The number of hydrogen-bond donors (Lipinski definition) is 0. The summed E-state index contributed by atoms with van der Waals surface area (Å²) in [4.78, 5) is 0. The van der Waals surface area contributed by atoms with Crippen molar-refractivity contribution in [1.82, 2.24) is 0 Å². The van der Waals surface area contributed by atoms with Gasteiger partial charge in [0, 0.05) is 0 Å². The second kappa shape index (κ2) is 7.58. The zero-order chi connectivity index (χ0) is 13.4. The van der Waals surface area contributed by atoms with Gasteiger partial charge >= 0.3 is 0 Å². The van der Waals surface area contributed by atoms with Crippen molar-refractivity contribution in [2.75, 3.05) is 6.61 Å². The van der Waals surface area contributed by atoms with Crippen molar-refractivity contribution >= 4 is 0 Å². The molecule has 0 radical (unpaired) electrons. The molecule has 0 heterocycles. The Labute approximate surface area is 113 Å². The van der Waals surface area contributed by atoms with Gasteiger partial charge in [-0.2, -0.15) is 0 Å². The Morgan fingerprint density at radius 2 is 2.22 bits per heavy atom. The molecule has 0 aromatic carbocycles. The van der Waals surface area contributed by atoms with Crippen molar-refractivity contribution in [3.05, 3.63) is 36.5 Å². The zero-order valence-electron chi connectivity index (χ0n) is 12.2. The van der Waals surface area contributed by atoms with Crippen LogP contribution in [0.15, 0.2) is 36.5 Å². The van der Waals surface area contributed by atoms with E-state index < -0.39 is 0 Å². The van der Waals surface area contributed by atoms with Crippen molar-refractivity contribution < 1.29 is 4.74 Å². The Balaban J connectivity index is 2.40. The summed E-state index contributed by atoms with van der Waals surface area (Å²) in [6, 6.07) is 0. The fourth-order valence-electron chi connectivity index (χ4n) is 2.61. The van der Waals surface area contributed by atoms with Gasteiger partial charge in [0.05, 0.1) is 12.2 Å². The van der Waals surface area contributed by atoms with E-state index in [9.17, 15) is 0 Å². The molecule has 0 spiro atoms. The zero-order valence-corrected chi connectivity index (χ0v) is 12.2. The lowest BCUT2D eigenvalue weighted by Gasteiger charge is -2.39. The minimum Gasteiger partial charge on any atom is -0.375 e. The van der Waals surface area contributed by atoms with Crippen LogP contribution in [-0.4, -0.2) is 12.2 Å². The van der Waals surface area contributed by atoms with Crippen LogP contribution in [0.1, 0.15) is 52.9 Å². The molecule has 2 unspecified atom stereocenters. The fraction of sp³-hybridized carbons (Fsp3) is 0.647. The molecule has 102 valence electrons. The second-order valence-corrected chi connectivity index (χ2v) is 5.52. The van der Waals surface area contributed by atoms with E-state index in [4.69, 9.17) is 4.74 Å². The van der Waals surface area contributed by atoms with Gasteiger partial charge in [-0.3, -0.25) is 0 Å². The predicted octanol–water partition coefficient (Wildman–Crippen LogP) is 5.05. The van der Waals surface area contributed by atoms with Crippen LogP contribution in [0.4, 0.5) is 0 Å². The van der Waals surface area contributed by atoms with Gasteiger partial charge < -0.3 is 4.74 Å². The van der Waals surface area contributed by atoms with E-state index in [0.29, 0.717) is 5.92 Å². The molecule has 0 saturated heterocycles. The topological polar surface area (TPSA) is 9.23 Å². The summed E-state index contributed by atoms with van der Waals surface area (Å²) >= 11 is 0. The lowest BCUT2D eigenvalue weighted by atomic mass is 9.77. The average Bonchev–Trinajstić information content (AvgIpc) is 2.37. The lowest BCUT2D eigenvalue weighted by molar-refractivity contribution is -0.0886. The highest BCUT2D eigenvalue weighted by Gasteiger charge is 2.34. The number of allylic oxidation sites excluding steroid dienone is 4. The van der Waals surface area contributed by atoms with Gasteiger partial charge in [-0.05, 0) is 39.0 Å². The molecule has 0 amide bonds. The van der Waals surface area contributed by atoms with Crippen molar-refractivity contribution in [3.63, 3.8) is 0 Å². The van der Waals surface area contributed by atoms with Gasteiger partial charge in [0.2, 0.25) is 0 Å². The molecule has 0 aromatic rings. The van der Waals surface area contributed by atoms with E-state index in [1.807, 2.05) is 12.2 Å². The summed E-state index contributed by atoms with van der Waals surface area (Å²) in [5.41, 5.74) is 1.42. The molecule has 1 fully saturated rings. The van der Waals surface area contributed by atoms with Crippen LogP contribution in [0, 0.1) is 5.92 Å². The third-order valence-corrected chi connectivity index (χ3v) is 4.24. The number of ether oxygens (including phenoxy) is 1.